The molecule has 1 N–H and O–H groups in total. The van der Waals surface area contributed by atoms with Gasteiger partial charge >= 0.3 is 0 Å². The average Bonchev–Trinajstić information content (AvgIpc) is 3.45. The van der Waals surface area contributed by atoms with E-state index in [1.807, 2.05) is 24.2 Å². The van der Waals surface area contributed by atoms with Crippen LogP contribution in [0.25, 0.3) is 11.0 Å². The Morgan fingerprint density at radius 1 is 1.20 bits per heavy atom. The van der Waals surface area contributed by atoms with Crippen molar-refractivity contribution in [2.75, 3.05) is 43.9 Å². The Balaban J connectivity index is 1.14. The van der Waals surface area contributed by atoms with E-state index in [2.05, 4.69) is 19.9 Å². The van der Waals surface area contributed by atoms with Gasteiger partial charge in [0.2, 0.25) is 15.9 Å². The highest BCUT2D eigenvalue weighted by molar-refractivity contribution is 7.89. The average molecular weight is 433 g/mol. The number of sulfonamides is 1. The van der Waals surface area contributed by atoms with Gasteiger partial charge < -0.3 is 14.8 Å². The van der Waals surface area contributed by atoms with E-state index in [-0.39, 0.29) is 29.5 Å². The van der Waals surface area contributed by atoms with Gasteiger partial charge in [0.25, 0.3) is 0 Å². The van der Waals surface area contributed by atoms with Crippen LogP contribution < -0.4 is 4.90 Å². The van der Waals surface area contributed by atoms with Crippen molar-refractivity contribution >= 4 is 32.8 Å². The van der Waals surface area contributed by atoms with Gasteiger partial charge in [-0.1, -0.05) is 0 Å². The number of carbonyl (C=O) groups excluding carboxylic acids is 1. The molecule has 2 aromatic rings. The van der Waals surface area contributed by atoms with Gasteiger partial charge in [-0.15, -0.1) is 0 Å². The van der Waals surface area contributed by atoms with Crippen molar-refractivity contribution in [1.82, 2.24) is 24.2 Å². The Labute approximate surface area is 176 Å². The summed E-state index contributed by atoms with van der Waals surface area (Å²) in [5, 5.41) is 0.981. The molecule has 30 heavy (non-hydrogen) atoms. The van der Waals surface area contributed by atoms with Crippen molar-refractivity contribution in [1.29, 1.82) is 0 Å². The standard InChI is InChI=1S/C20H28N6O3S/c1-24(19-17-4-5-21-18(17)22-13-23-19)16-10-14(11-16)12-30(28,29)26-8-6-25(7-9-26)20(27)15-2-3-15/h4-5,13-16H,2-3,6-12H2,1H3,(H,21,22,23)/t14-,16+. The number of rotatable bonds is 6. The third kappa shape index (κ3) is 3.66. The molecule has 3 fully saturated rings. The van der Waals surface area contributed by atoms with Crippen molar-refractivity contribution in [3.63, 3.8) is 0 Å². The highest BCUT2D eigenvalue weighted by Crippen LogP contribution is 2.36. The fourth-order valence-electron chi connectivity index (χ4n) is 4.64. The molecule has 3 heterocycles. The summed E-state index contributed by atoms with van der Waals surface area (Å²) in [6.45, 7) is 1.88. The Bertz CT molecular complexity index is 1040. The van der Waals surface area contributed by atoms with Crippen molar-refractivity contribution in [3.8, 4) is 0 Å². The van der Waals surface area contributed by atoms with Gasteiger partial charge in [0, 0.05) is 51.4 Å². The minimum absolute atomic E-state index is 0.164. The van der Waals surface area contributed by atoms with Gasteiger partial charge in [0.1, 0.15) is 17.8 Å². The van der Waals surface area contributed by atoms with Crippen LogP contribution in [0, 0.1) is 11.8 Å². The summed E-state index contributed by atoms with van der Waals surface area (Å²) in [6, 6.07) is 2.25. The summed E-state index contributed by atoms with van der Waals surface area (Å²) in [4.78, 5) is 27.9. The van der Waals surface area contributed by atoms with Crippen molar-refractivity contribution in [3.05, 3.63) is 18.6 Å². The maximum absolute atomic E-state index is 12.9. The molecule has 9 nitrogen and oxygen atoms in total. The summed E-state index contributed by atoms with van der Waals surface area (Å²) in [6.07, 6.45) is 7.06. The minimum atomic E-state index is -3.29. The first-order valence-electron chi connectivity index (χ1n) is 10.7. The molecule has 10 heteroatoms. The smallest absolute Gasteiger partial charge is 0.225 e. The minimum Gasteiger partial charge on any atom is -0.356 e. The summed E-state index contributed by atoms with van der Waals surface area (Å²) >= 11 is 0. The van der Waals surface area contributed by atoms with E-state index in [1.54, 1.807) is 10.6 Å². The SMILES string of the molecule is CN(c1ncnc2[nH]ccc12)[C@H]1C[C@@H](CS(=O)(=O)N2CCN(C(=O)C3CC3)CC2)C1. The van der Waals surface area contributed by atoms with Crippen LogP contribution in [-0.4, -0.2) is 83.5 Å². The van der Waals surface area contributed by atoms with Crippen molar-refractivity contribution in [2.24, 2.45) is 11.8 Å². The lowest BCUT2D eigenvalue weighted by molar-refractivity contribution is -0.133. The molecular formula is C20H28N6O3S. The topological polar surface area (TPSA) is 102 Å². The third-order valence-electron chi connectivity index (χ3n) is 6.74. The van der Waals surface area contributed by atoms with Gasteiger partial charge in [-0.2, -0.15) is 4.31 Å². The van der Waals surface area contributed by atoms with Crippen LogP contribution in [-0.2, 0) is 14.8 Å². The highest BCUT2D eigenvalue weighted by atomic mass is 32.2. The van der Waals surface area contributed by atoms with Gasteiger partial charge in [-0.05, 0) is 37.7 Å². The quantitative estimate of drug-likeness (QED) is 0.732. The lowest BCUT2D eigenvalue weighted by Gasteiger charge is -2.42. The summed E-state index contributed by atoms with van der Waals surface area (Å²) < 4.78 is 27.3. The lowest BCUT2D eigenvalue weighted by atomic mass is 9.81. The number of nitrogens with one attached hydrogen (secondary N) is 1. The number of fused-ring (bicyclic) bond motifs is 1. The third-order valence-corrected chi connectivity index (χ3v) is 8.79. The van der Waals surface area contributed by atoms with E-state index in [9.17, 15) is 13.2 Å². The zero-order valence-corrected chi connectivity index (χ0v) is 18.0. The first kappa shape index (κ1) is 19.7. The molecule has 0 unspecified atom stereocenters. The normalized spacial score (nSPS) is 25.3. The molecule has 1 saturated heterocycles. The van der Waals surface area contributed by atoms with Crippen LogP contribution in [0.2, 0.25) is 0 Å². The van der Waals surface area contributed by atoms with E-state index in [0.717, 1.165) is 42.5 Å². The summed E-state index contributed by atoms with van der Waals surface area (Å²) in [5.74, 6) is 1.64. The van der Waals surface area contributed by atoms with Crippen LogP contribution in [0.1, 0.15) is 25.7 Å². The molecule has 162 valence electrons. The van der Waals surface area contributed by atoms with Gasteiger partial charge in [-0.3, -0.25) is 4.79 Å². The second kappa shape index (κ2) is 7.49. The number of anilines is 1. The number of hydrogen-bond donors (Lipinski definition) is 1. The number of hydrogen-bond acceptors (Lipinski definition) is 6. The maximum Gasteiger partial charge on any atom is 0.225 e. The number of aromatic nitrogens is 3. The molecular weight excluding hydrogens is 404 g/mol. The van der Waals surface area contributed by atoms with E-state index >= 15 is 0 Å². The number of nitrogens with zero attached hydrogens (tertiary/aromatic N) is 5. The molecule has 0 spiro atoms. The molecule has 3 aliphatic rings. The molecule has 0 radical (unpaired) electrons. The van der Waals surface area contributed by atoms with E-state index in [0.29, 0.717) is 26.2 Å². The Morgan fingerprint density at radius 2 is 1.93 bits per heavy atom. The van der Waals surface area contributed by atoms with Crippen LogP contribution in [0.3, 0.4) is 0 Å². The first-order chi connectivity index (χ1) is 14.4. The predicted octanol–water partition coefficient (Wildman–Crippen LogP) is 1.06. The van der Waals surface area contributed by atoms with E-state index in [4.69, 9.17) is 0 Å². The predicted molar refractivity (Wildman–Crippen MR) is 113 cm³/mol. The van der Waals surface area contributed by atoms with Crippen LogP contribution in [0.15, 0.2) is 18.6 Å². The van der Waals surface area contributed by atoms with Gasteiger partial charge in [-0.25, -0.2) is 18.4 Å². The second-order valence-electron chi connectivity index (χ2n) is 8.82. The lowest BCUT2D eigenvalue weighted by Crippen LogP contribution is -2.53. The van der Waals surface area contributed by atoms with Crippen LogP contribution in [0.5, 0.6) is 0 Å². The maximum atomic E-state index is 12.9. The van der Waals surface area contributed by atoms with Crippen LogP contribution >= 0.6 is 0 Å². The number of aromatic amines is 1. The molecule has 0 aromatic carbocycles. The Kier molecular flexibility index (Phi) is 4.93. The zero-order valence-electron chi connectivity index (χ0n) is 17.2. The van der Waals surface area contributed by atoms with E-state index in [1.165, 1.54) is 0 Å². The molecule has 0 atom stereocenters. The Hall–Kier alpha value is -2.20. The van der Waals surface area contributed by atoms with Gasteiger partial charge in [0.05, 0.1) is 11.1 Å². The fourth-order valence-corrected chi connectivity index (χ4v) is 6.44. The molecule has 1 amide bonds. The number of carbonyl (C=O) groups is 1. The number of amides is 1. The zero-order chi connectivity index (χ0) is 20.9. The molecule has 2 aliphatic carbocycles. The van der Waals surface area contributed by atoms with Crippen molar-refractivity contribution in [2.45, 2.75) is 31.7 Å². The summed E-state index contributed by atoms with van der Waals surface area (Å²) in [7, 11) is -1.28. The molecule has 2 saturated carbocycles. The van der Waals surface area contributed by atoms with Gasteiger partial charge in [0.15, 0.2) is 0 Å². The monoisotopic (exact) mass is 432 g/mol. The first-order valence-corrected chi connectivity index (χ1v) is 12.3. The van der Waals surface area contributed by atoms with E-state index < -0.39 is 10.0 Å². The molecule has 2 aromatic heterocycles. The number of H-pyrrole nitrogens is 1. The molecule has 1 aliphatic heterocycles. The van der Waals surface area contributed by atoms with Crippen molar-refractivity contribution < 1.29 is 13.2 Å². The summed E-state index contributed by atoms with van der Waals surface area (Å²) in [5.41, 5.74) is 0.810. The highest BCUT2D eigenvalue weighted by Gasteiger charge is 2.40. The molecule has 0 bridgehead atoms. The van der Waals surface area contributed by atoms with Crippen LogP contribution in [0.4, 0.5) is 5.82 Å². The fraction of sp³-hybridized carbons (Fsp3) is 0.650. The second-order valence-corrected chi connectivity index (χ2v) is 10.8. The number of piperazine rings is 1. The Morgan fingerprint density at radius 3 is 2.63 bits per heavy atom. The largest absolute Gasteiger partial charge is 0.356 e. The molecule has 5 rings (SSSR count).